The minimum absolute atomic E-state index is 0.165. The molecule has 0 aromatic rings. The van der Waals surface area contributed by atoms with Crippen LogP contribution in [0.4, 0.5) is 0 Å². The van der Waals surface area contributed by atoms with E-state index in [0.29, 0.717) is 17.6 Å². The van der Waals surface area contributed by atoms with Gasteiger partial charge in [-0.3, -0.25) is 9.59 Å². The van der Waals surface area contributed by atoms with E-state index in [1.807, 2.05) is 12.2 Å². The molecule has 3 saturated carbocycles. The Labute approximate surface area is 150 Å². The third-order valence-electron chi connectivity index (χ3n) is 8.33. The Bertz CT molecular complexity index is 673. The second-order valence-electron chi connectivity index (χ2n) is 9.29. The molecular weight excluding hydrogens is 312 g/mol. The number of hydrogen-bond donors (Lipinski definition) is 1. The van der Waals surface area contributed by atoms with Gasteiger partial charge in [-0.05, 0) is 79.6 Å². The molecule has 0 aromatic carbocycles. The van der Waals surface area contributed by atoms with Crippen LogP contribution >= 0.6 is 0 Å². The number of carboxylic acid groups (broad SMARTS) is 1. The summed E-state index contributed by atoms with van der Waals surface area (Å²) in [7, 11) is 0. The lowest BCUT2D eigenvalue weighted by atomic mass is 9.47. The predicted molar refractivity (Wildman–Crippen MR) is 97.0 cm³/mol. The summed E-state index contributed by atoms with van der Waals surface area (Å²) in [5.74, 6) is 1.75. The van der Waals surface area contributed by atoms with E-state index in [0.717, 1.165) is 31.6 Å². The normalized spacial score (nSPS) is 44.7. The number of ketones is 1. The van der Waals surface area contributed by atoms with Gasteiger partial charge in [0.15, 0.2) is 5.78 Å². The first-order valence-electron chi connectivity index (χ1n) is 10.00. The molecule has 3 nitrogen and oxygen atoms in total. The van der Waals surface area contributed by atoms with Gasteiger partial charge >= 0.3 is 5.97 Å². The SMILES string of the molecule is C[C@]12CCC(=O)C=C1CC[C@@H]1[C@@H]2CC[C@]2(C)C(=CCC(=O)O)CC[C@@H]12. The lowest BCUT2D eigenvalue weighted by molar-refractivity contribution is -0.136. The highest BCUT2D eigenvalue weighted by molar-refractivity contribution is 5.91. The fourth-order valence-electron chi connectivity index (χ4n) is 6.95. The van der Waals surface area contributed by atoms with Gasteiger partial charge in [0.25, 0.3) is 0 Å². The van der Waals surface area contributed by atoms with Crippen LogP contribution < -0.4 is 0 Å². The van der Waals surface area contributed by atoms with Crippen LogP contribution in [0, 0.1) is 28.6 Å². The molecular formula is C22H30O3. The van der Waals surface area contributed by atoms with Crippen LogP contribution in [0.3, 0.4) is 0 Å². The van der Waals surface area contributed by atoms with Crippen molar-refractivity contribution in [2.45, 2.75) is 71.6 Å². The molecule has 0 bridgehead atoms. The largest absolute Gasteiger partial charge is 0.481 e. The number of aliphatic carboxylic acids is 1. The van der Waals surface area contributed by atoms with Gasteiger partial charge in [0.1, 0.15) is 0 Å². The topological polar surface area (TPSA) is 54.4 Å². The monoisotopic (exact) mass is 342 g/mol. The van der Waals surface area contributed by atoms with E-state index in [-0.39, 0.29) is 17.3 Å². The summed E-state index contributed by atoms with van der Waals surface area (Å²) in [6, 6.07) is 0. The Morgan fingerprint density at radius 1 is 1.12 bits per heavy atom. The smallest absolute Gasteiger partial charge is 0.307 e. The molecule has 0 aliphatic heterocycles. The first kappa shape index (κ1) is 17.1. The quantitative estimate of drug-likeness (QED) is 0.725. The zero-order valence-corrected chi connectivity index (χ0v) is 15.5. The highest BCUT2D eigenvalue weighted by Crippen LogP contribution is 2.66. The second-order valence-corrected chi connectivity index (χ2v) is 9.29. The van der Waals surface area contributed by atoms with E-state index < -0.39 is 5.97 Å². The first-order valence-corrected chi connectivity index (χ1v) is 10.00. The van der Waals surface area contributed by atoms with Crippen molar-refractivity contribution in [3.8, 4) is 0 Å². The van der Waals surface area contributed by atoms with E-state index in [2.05, 4.69) is 13.8 Å². The van der Waals surface area contributed by atoms with Crippen molar-refractivity contribution in [1.82, 2.24) is 0 Å². The molecule has 0 radical (unpaired) electrons. The summed E-state index contributed by atoms with van der Waals surface area (Å²) in [6.45, 7) is 4.81. The van der Waals surface area contributed by atoms with Crippen molar-refractivity contribution in [2.75, 3.05) is 0 Å². The molecule has 0 unspecified atom stereocenters. The summed E-state index contributed by atoms with van der Waals surface area (Å²) in [5.41, 5.74) is 3.27. The number of rotatable bonds is 2. The molecule has 3 heteroatoms. The van der Waals surface area contributed by atoms with Crippen LogP contribution in [-0.2, 0) is 9.59 Å². The van der Waals surface area contributed by atoms with E-state index in [4.69, 9.17) is 5.11 Å². The van der Waals surface area contributed by atoms with E-state index in [9.17, 15) is 9.59 Å². The van der Waals surface area contributed by atoms with Crippen molar-refractivity contribution in [1.29, 1.82) is 0 Å². The van der Waals surface area contributed by atoms with Crippen molar-refractivity contribution in [3.05, 3.63) is 23.3 Å². The molecule has 4 rings (SSSR count). The summed E-state index contributed by atoms with van der Waals surface area (Å²) >= 11 is 0. The molecule has 4 aliphatic carbocycles. The van der Waals surface area contributed by atoms with E-state index in [1.54, 1.807) is 0 Å². The van der Waals surface area contributed by atoms with Crippen molar-refractivity contribution in [3.63, 3.8) is 0 Å². The van der Waals surface area contributed by atoms with Gasteiger partial charge in [-0.1, -0.05) is 31.1 Å². The van der Waals surface area contributed by atoms with E-state index in [1.165, 1.54) is 36.8 Å². The Kier molecular flexibility index (Phi) is 3.97. The maximum atomic E-state index is 11.9. The third kappa shape index (κ3) is 2.53. The number of fused-ring (bicyclic) bond motifs is 5. The van der Waals surface area contributed by atoms with Crippen molar-refractivity contribution < 1.29 is 14.7 Å². The minimum atomic E-state index is -0.722. The average molecular weight is 342 g/mol. The first-order chi connectivity index (χ1) is 11.8. The summed E-state index contributed by atoms with van der Waals surface area (Å²) in [5, 5.41) is 9.05. The lowest BCUT2D eigenvalue weighted by Crippen LogP contribution is -2.49. The van der Waals surface area contributed by atoms with Crippen LogP contribution in [0.15, 0.2) is 23.3 Å². The van der Waals surface area contributed by atoms with Gasteiger partial charge in [-0.15, -0.1) is 0 Å². The van der Waals surface area contributed by atoms with Gasteiger partial charge in [0.05, 0.1) is 6.42 Å². The van der Waals surface area contributed by atoms with E-state index >= 15 is 0 Å². The third-order valence-corrected chi connectivity index (χ3v) is 8.33. The standard InChI is InChI=1S/C22H30O3/c1-21-12-10-19-17(18(21)7-4-14(21)5-8-20(24)25)6-3-15-13-16(23)9-11-22(15,19)2/h5,13,17-19H,3-4,6-12H2,1-2H3,(H,24,25)/t17-,18-,19-,21+,22-/m0/s1. The highest BCUT2D eigenvalue weighted by Gasteiger charge is 2.57. The maximum Gasteiger partial charge on any atom is 0.307 e. The molecule has 136 valence electrons. The Hall–Kier alpha value is -1.38. The van der Waals surface area contributed by atoms with Crippen LogP contribution in [0.25, 0.3) is 0 Å². The Morgan fingerprint density at radius 3 is 2.64 bits per heavy atom. The number of carbonyl (C=O) groups is 2. The number of carbonyl (C=O) groups excluding carboxylic acids is 1. The van der Waals surface area contributed by atoms with Gasteiger partial charge < -0.3 is 5.11 Å². The summed E-state index contributed by atoms with van der Waals surface area (Å²) in [4.78, 5) is 22.9. The maximum absolute atomic E-state index is 11.9. The van der Waals surface area contributed by atoms with Crippen LogP contribution in [-0.4, -0.2) is 16.9 Å². The van der Waals surface area contributed by atoms with Crippen LogP contribution in [0.1, 0.15) is 71.6 Å². The summed E-state index contributed by atoms with van der Waals surface area (Å²) in [6.07, 6.45) is 12.9. The van der Waals surface area contributed by atoms with Crippen LogP contribution in [0.5, 0.6) is 0 Å². The molecule has 1 N–H and O–H groups in total. The fraction of sp³-hybridized carbons (Fsp3) is 0.727. The number of carboxylic acids is 1. The summed E-state index contributed by atoms with van der Waals surface area (Å²) < 4.78 is 0. The second kappa shape index (κ2) is 5.82. The number of hydrogen-bond acceptors (Lipinski definition) is 2. The minimum Gasteiger partial charge on any atom is -0.481 e. The van der Waals surface area contributed by atoms with Gasteiger partial charge in [0.2, 0.25) is 0 Å². The molecule has 0 heterocycles. The van der Waals surface area contributed by atoms with Crippen molar-refractivity contribution in [2.24, 2.45) is 28.6 Å². The molecule has 3 fully saturated rings. The van der Waals surface area contributed by atoms with Gasteiger partial charge in [-0.25, -0.2) is 0 Å². The highest BCUT2D eigenvalue weighted by atomic mass is 16.4. The molecule has 5 atom stereocenters. The van der Waals surface area contributed by atoms with Crippen LogP contribution in [0.2, 0.25) is 0 Å². The molecule has 0 spiro atoms. The molecule has 25 heavy (non-hydrogen) atoms. The Balaban J connectivity index is 1.62. The zero-order chi connectivity index (χ0) is 17.8. The van der Waals surface area contributed by atoms with Gasteiger partial charge in [-0.2, -0.15) is 0 Å². The Morgan fingerprint density at radius 2 is 1.88 bits per heavy atom. The molecule has 0 saturated heterocycles. The molecule has 0 amide bonds. The zero-order valence-electron chi connectivity index (χ0n) is 15.5. The van der Waals surface area contributed by atoms with Gasteiger partial charge in [0, 0.05) is 6.42 Å². The number of allylic oxidation sites excluding steroid dienone is 2. The average Bonchev–Trinajstić information content (AvgIpc) is 2.90. The fourth-order valence-corrected chi connectivity index (χ4v) is 6.95. The van der Waals surface area contributed by atoms with Crippen molar-refractivity contribution >= 4 is 11.8 Å². The lowest BCUT2D eigenvalue weighted by Gasteiger charge is -2.57. The predicted octanol–water partition coefficient (Wildman–Crippen LogP) is 4.92. The molecule has 4 aliphatic rings. The molecule has 0 aromatic heterocycles.